The number of halogens is 3. The second-order valence-electron chi connectivity index (χ2n) is 4.35. The number of hydrogen-bond donors (Lipinski definition) is 2. The van der Waals surface area contributed by atoms with E-state index in [9.17, 15) is 18.0 Å². The van der Waals surface area contributed by atoms with Gasteiger partial charge in [0.05, 0.1) is 0 Å². The summed E-state index contributed by atoms with van der Waals surface area (Å²) in [6, 6.07) is 0. The third-order valence-corrected chi connectivity index (χ3v) is 3.05. The Morgan fingerprint density at radius 1 is 1.44 bits per heavy atom. The Balaban J connectivity index is 2.44. The van der Waals surface area contributed by atoms with Gasteiger partial charge in [-0.2, -0.15) is 13.2 Å². The van der Waals surface area contributed by atoms with Gasteiger partial charge in [0.1, 0.15) is 6.42 Å². The first kappa shape index (κ1) is 13.6. The Labute approximate surface area is 97.9 Å². The maximum absolute atomic E-state index is 12.0. The van der Waals surface area contributed by atoms with Crippen LogP contribution in [0.25, 0.3) is 0 Å². The second kappa shape index (κ2) is 4.83. The lowest BCUT2D eigenvalue weighted by Gasteiger charge is -2.38. The van der Waals surface area contributed by atoms with Crippen LogP contribution >= 0.6 is 12.8 Å². The first-order valence-electron chi connectivity index (χ1n) is 5.02. The van der Waals surface area contributed by atoms with E-state index in [4.69, 9.17) is 0 Å². The SMILES string of the molecule is CC1(NC(=O)CC(F)(F)F)CCN(S)CC1. The van der Waals surface area contributed by atoms with Crippen LogP contribution in [0.5, 0.6) is 0 Å². The predicted octanol–water partition coefficient (Wildman–Crippen LogP) is 1.75. The molecule has 1 N–H and O–H groups in total. The van der Waals surface area contributed by atoms with Crippen molar-refractivity contribution in [3.05, 3.63) is 0 Å². The Hall–Kier alpha value is -0.430. The van der Waals surface area contributed by atoms with Crippen LogP contribution in [0.3, 0.4) is 0 Å². The lowest BCUT2D eigenvalue weighted by atomic mass is 9.90. The van der Waals surface area contributed by atoms with Gasteiger partial charge in [-0.05, 0) is 19.8 Å². The van der Waals surface area contributed by atoms with Crippen molar-refractivity contribution in [2.75, 3.05) is 13.1 Å². The number of amides is 1. The second-order valence-corrected chi connectivity index (χ2v) is 4.92. The van der Waals surface area contributed by atoms with Gasteiger partial charge in [-0.1, -0.05) is 12.8 Å². The van der Waals surface area contributed by atoms with Crippen LogP contribution < -0.4 is 5.32 Å². The first-order chi connectivity index (χ1) is 7.20. The Morgan fingerprint density at radius 2 is 1.94 bits per heavy atom. The molecule has 7 heteroatoms. The number of alkyl halides is 3. The molecule has 1 aliphatic heterocycles. The van der Waals surface area contributed by atoms with Crippen LogP contribution in [-0.2, 0) is 4.79 Å². The molecule has 3 nitrogen and oxygen atoms in total. The number of carbonyl (C=O) groups is 1. The van der Waals surface area contributed by atoms with Crippen molar-refractivity contribution in [2.24, 2.45) is 0 Å². The topological polar surface area (TPSA) is 32.3 Å². The van der Waals surface area contributed by atoms with Crippen molar-refractivity contribution in [3.8, 4) is 0 Å². The van der Waals surface area contributed by atoms with Gasteiger partial charge in [-0.3, -0.25) is 9.10 Å². The minimum atomic E-state index is -4.44. The molecule has 94 valence electrons. The highest BCUT2D eigenvalue weighted by Crippen LogP contribution is 2.24. The summed E-state index contributed by atoms with van der Waals surface area (Å²) in [6.07, 6.45) is -4.63. The van der Waals surface area contributed by atoms with E-state index in [1.165, 1.54) is 0 Å². The lowest BCUT2D eigenvalue weighted by Crippen LogP contribution is -2.52. The smallest absolute Gasteiger partial charge is 0.351 e. The molecular weight excluding hydrogens is 241 g/mol. The van der Waals surface area contributed by atoms with E-state index in [2.05, 4.69) is 18.1 Å². The molecule has 1 heterocycles. The minimum Gasteiger partial charge on any atom is -0.351 e. The summed E-state index contributed by atoms with van der Waals surface area (Å²) in [5, 5.41) is 2.45. The number of nitrogens with zero attached hydrogens (tertiary/aromatic N) is 1. The third-order valence-electron chi connectivity index (χ3n) is 2.65. The first-order valence-corrected chi connectivity index (χ1v) is 5.42. The molecule has 0 bridgehead atoms. The fraction of sp³-hybridized carbons (Fsp3) is 0.889. The molecule has 0 aromatic rings. The minimum absolute atomic E-state index is 0.540. The zero-order valence-electron chi connectivity index (χ0n) is 8.97. The summed E-state index contributed by atoms with van der Waals surface area (Å²) in [5.41, 5.74) is -0.540. The molecule has 0 atom stereocenters. The molecule has 1 saturated heterocycles. The molecule has 0 aliphatic carbocycles. The number of nitrogens with one attached hydrogen (secondary N) is 1. The van der Waals surface area contributed by atoms with Gasteiger partial charge in [-0.15, -0.1) is 0 Å². The van der Waals surface area contributed by atoms with E-state index in [0.717, 1.165) is 0 Å². The van der Waals surface area contributed by atoms with E-state index in [-0.39, 0.29) is 0 Å². The Kier molecular flexibility index (Phi) is 4.12. The molecule has 0 radical (unpaired) electrons. The largest absolute Gasteiger partial charge is 0.397 e. The summed E-state index contributed by atoms with van der Waals surface area (Å²) >= 11 is 4.14. The fourth-order valence-electron chi connectivity index (χ4n) is 1.68. The van der Waals surface area contributed by atoms with Crippen LogP contribution in [0.1, 0.15) is 26.2 Å². The van der Waals surface area contributed by atoms with Gasteiger partial charge in [0, 0.05) is 18.6 Å². The number of carbonyl (C=O) groups excluding carboxylic acids is 1. The van der Waals surface area contributed by atoms with E-state index in [1.807, 2.05) is 0 Å². The fourth-order valence-corrected chi connectivity index (χ4v) is 1.88. The zero-order chi connectivity index (χ0) is 12.4. The standard InChI is InChI=1S/C9H15F3N2OS/c1-8(2-4-14(16)5-3-8)13-7(15)6-9(10,11)12/h16H,2-6H2,1H3,(H,13,15). The maximum atomic E-state index is 12.0. The molecule has 1 fully saturated rings. The number of hydrogen-bond acceptors (Lipinski definition) is 3. The van der Waals surface area contributed by atoms with Crippen LogP contribution in [0.15, 0.2) is 0 Å². The van der Waals surface area contributed by atoms with Gasteiger partial charge in [0.25, 0.3) is 0 Å². The third kappa shape index (κ3) is 4.61. The average molecular weight is 256 g/mol. The van der Waals surface area contributed by atoms with E-state index in [0.29, 0.717) is 25.9 Å². The summed E-state index contributed by atoms with van der Waals surface area (Å²) in [7, 11) is 0. The summed E-state index contributed by atoms with van der Waals surface area (Å²) in [4.78, 5) is 11.1. The van der Waals surface area contributed by atoms with E-state index >= 15 is 0 Å². The molecule has 0 aromatic heterocycles. The predicted molar refractivity (Wildman–Crippen MR) is 57.0 cm³/mol. The van der Waals surface area contributed by atoms with Crippen LogP contribution in [-0.4, -0.2) is 35.0 Å². The molecule has 16 heavy (non-hydrogen) atoms. The summed E-state index contributed by atoms with van der Waals surface area (Å²) in [5.74, 6) is -0.956. The molecular formula is C9H15F3N2OS. The zero-order valence-corrected chi connectivity index (χ0v) is 9.87. The maximum Gasteiger partial charge on any atom is 0.397 e. The van der Waals surface area contributed by atoms with Crippen molar-refractivity contribution in [1.82, 2.24) is 9.62 Å². The van der Waals surface area contributed by atoms with Gasteiger partial charge < -0.3 is 5.32 Å². The molecule has 0 saturated carbocycles. The summed E-state index contributed by atoms with van der Waals surface area (Å²) in [6.45, 7) is 3.08. The number of rotatable bonds is 2. The molecule has 0 aromatic carbocycles. The van der Waals surface area contributed by atoms with Crippen molar-refractivity contribution < 1.29 is 18.0 Å². The number of piperidine rings is 1. The Morgan fingerprint density at radius 3 is 2.38 bits per heavy atom. The van der Waals surface area contributed by atoms with Crippen molar-refractivity contribution >= 4 is 18.7 Å². The molecule has 1 rings (SSSR count). The van der Waals surface area contributed by atoms with Gasteiger partial charge in [-0.25, -0.2) is 0 Å². The van der Waals surface area contributed by atoms with E-state index in [1.54, 1.807) is 11.2 Å². The normalized spacial score (nSPS) is 21.8. The van der Waals surface area contributed by atoms with Gasteiger partial charge >= 0.3 is 6.18 Å². The highest BCUT2D eigenvalue weighted by Gasteiger charge is 2.36. The highest BCUT2D eigenvalue weighted by atomic mass is 32.1. The number of thiol groups is 1. The lowest BCUT2D eigenvalue weighted by molar-refractivity contribution is -0.155. The molecule has 1 amide bonds. The molecule has 0 unspecified atom stereocenters. The van der Waals surface area contributed by atoms with Crippen molar-refractivity contribution in [1.29, 1.82) is 0 Å². The van der Waals surface area contributed by atoms with E-state index < -0.39 is 24.0 Å². The Bertz CT molecular complexity index is 262. The van der Waals surface area contributed by atoms with Gasteiger partial charge in [0.15, 0.2) is 0 Å². The van der Waals surface area contributed by atoms with Gasteiger partial charge in [0.2, 0.25) is 5.91 Å². The van der Waals surface area contributed by atoms with Crippen LogP contribution in [0.4, 0.5) is 13.2 Å². The van der Waals surface area contributed by atoms with Crippen LogP contribution in [0, 0.1) is 0 Å². The highest BCUT2D eigenvalue weighted by molar-refractivity contribution is 7.77. The van der Waals surface area contributed by atoms with Crippen molar-refractivity contribution in [3.63, 3.8) is 0 Å². The molecule has 1 aliphatic rings. The monoisotopic (exact) mass is 256 g/mol. The quantitative estimate of drug-likeness (QED) is 0.738. The summed E-state index contributed by atoms with van der Waals surface area (Å²) < 4.78 is 37.7. The van der Waals surface area contributed by atoms with Crippen LogP contribution in [0.2, 0.25) is 0 Å². The molecule has 0 spiro atoms. The van der Waals surface area contributed by atoms with Crippen molar-refractivity contribution in [2.45, 2.75) is 37.9 Å². The average Bonchev–Trinajstić information content (AvgIpc) is 2.07.